The van der Waals surface area contributed by atoms with Gasteiger partial charge in [0, 0.05) is 35.3 Å². The van der Waals surface area contributed by atoms with Gasteiger partial charge in [-0.2, -0.15) is 0 Å². The Labute approximate surface area is 231 Å². The van der Waals surface area contributed by atoms with Crippen LogP contribution in [0.25, 0.3) is 21.8 Å². The van der Waals surface area contributed by atoms with Crippen LogP contribution in [0.2, 0.25) is 0 Å². The lowest BCUT2D eigenvalue weighted by molar-refractivity contribution is 0.168. The Morgan fingerprint density at radius 1 is 1.23 bits per heavy atom. The summed E-state index contributed by atoms with van der Waals surface area (Å²) in [4.78, 5) is 25.6. The first-order valence-electron chi connectivity index (χ1n) is 12.3. The molecule has 0 aliphatic rings. The molecule has 2 heterocycles. The average molecular weight is 577 g/mol. The second-order valence-corrected chi connectivity index (χ2v) is 13.0. The Bertz CT molecular complexity index is 1470. The minimum Gasteiger partial charge on any atom is -0.453 e. The number of ether oxygens (including phenoxy) is 1. The lowest BCUT2D eigenvalue weighted by atomic mass is 9.98. The fraction of sp³-hybridized carbons (Fsp3) is 0.423. The van der Waals surface area contributed by atoms with Gasteiger partial charge in [-0.3, -0.25) is 5.41 Å². The molecule has 13 heteroatoms. The van der Waals surface area contributed by atoms with Gasteiger partial charge in [-0.25, -0.2) is 32.6 Å². The lowest BCUT2D eigenvalue weighted by Gasteiger charge is -2.14. The van der Waals surface area contributed by atoms with E-state index in [0.29, 0.717) is 35.2 Å². The summed E-state index contributed by atoms with van der Waals surface area (Å²) in [7, 11) is -2.65. The van der Waals surface area contributed by atoms with E-state index in [1.165, 1.54) is 36.6 Å². The van der Waals surface area contributed by atoms with Gasteiger partial charge in [0.1, 0.15) is 5.82 Å². The molecule has 10 nitrogen and oxygen atoms in total. The van der Waals surface area contributed by atoms with E-state index in [9.17, 15) is 13.2 Å². The van der Waals surface area contributed by atoms with Crippen LogP contribution >= 0.6 is 11.3 Å². The minimum atomic E-state index is -3.93. The standard InChI is InChI=1S/C26H33FN6O4S2/c1-7-13-39(35,36)22(28)17-10-8-9-16(19(17)27)20-21(38-23(33-20)26(3,4)5)18-11-12-29-24(32-18)30-14-15(2)31-25(34)37-6/h8-12,15,28H,7,13-14H2,1-6H3,(H,31,34)(H,29,30,32). The van der Waals surface area contributed by atoms with Gasteiger partial charge in [0.05, 0.1) is 34.1 Å². The van der Waals surface area contributed by atoms with Crippen molar-refractivity contribution in [1.29, 1.82) is 5.41 Å². The van der Waals surface area contributed by atoms with E-state index in [1.807, 2.05) is 20.8 Å². The van der Waals surface area contributed by atoms with Crippen LogP contribution in [-0.2, 0) is 20.0 Å². The third-order valence-electron chi connectivity index (χ3n) is 5.56. The summed E-state index contributed by atoms with van der Waals surface area (Å²) in [6, 6.07) is 5.74. The van der Waals surface area contributed by atoms with Crippen LogP contribution < -0.4 is 10.6 Å². The number of nitrogens with zero attached hydrogens (tertiary/aromatic N) is 3. The molecule has 3 N–H and O–H groups in total. The molecule has 3 rings (SSSR count). The van der Waals surface area contributed by atoms with Crippen molar-refractivity contribution in [2.75, 3.05) is 24.7 Å². The van der Waals surface area contributed by atoms with Crippen LogP contribution in [0.1, 0.15) is 51.6 Å². The maximum absolute atomic E-state index is 15.9. The van der Waals surface area contributed by atoms with Crippen molar-refractivity contribution in [1.82, 2.24) is 20.3 Å². The highest BCUT2D eigenvalue weighted by molar-refractivity contribution is 8.06. The third-order valence-corrected chi connectivity index (χ3v) is 8.85. The van der Waals surface area contributed by atoms with Crippen LogP contribution in [0.3, 0.4) is 0 Å². The molecule has 0 saturated heterocycles. The smallest absolute Gasteiger partial charge is 0.407 e. The SMILES string of the molecule is CCCS(=O)(=O)C(=N)c1cccc(-c2nc(C(C)(C)C)sc2-c2ccnc(NCC(C)NC(=O)OC)n2)c1F. The number of thiazole rings is 1. The molecule has 1 unspecified atom stereocenters. The first-order valence-corrected chi connectivity index (χ1v) is 14.8. The van der Waals surface area contributed by atoms with Crippen LogP contribution in [-0.4, -0.2) is 60.0 Å². The first-order chi connectivity index (χ1) is 18.3. The zero-order valence-electron chi connectivity index (χ0n) is 22.8. The monoisotopic (exact) mass is 576 g/mol. The molecule has 2 aromatic heterocycles. The molecule has 39 heavy (non-hydrogen) atoms. The molecule has 0 aliphatic heterocycles. The number of rotatable bonds is 9. The molecule has 0 aliphatic carbocycles. The number of alkyl carbamates (subject to hydrolysis) is 1. The first kappa shape index (κ1) is 30.1. The number of anilines is 1. The highest BCUT2D eigenvalue weighted by atomic mass is 32.2. The summed E-state index contributed by atoms with van der Waals surface area (Å²) < 4.78 is 45.5. The quantitative estimate of drug-likeness (QED) is 0.238. The Morgan fingerprint density at radius 3 is 2.59 bits per heavy atom. The van der Waals surface area contributed by atoms with Crippen LogP contribution in [0.15, 0.2) is 30.5 Å². The Hall–Kier alpha value is -3.45. The topological polar surface area (TPSA) is 147 Å². The number of nitrogens with one attached hydrogen (secondary N) is 3. The number of sulfone groups is 1. The molecule has 210 valence electrons. The van der Waals surface area contributed by atoms with E-state index in [1.54, 1.807) is 26.1 Å². The van der Waals surface area contributed by atoms with Gasteiger partial charge >= 0.3 is 6.09 Å². The van der Waals surface area contributed by atoms with Gasteiger partial charge < -0.3 is 15.4 Å². The fourth-order valence-corrected chi connectivity index (χ4v) is 5.89. The van der Waals surface area contributed by atoms with Gasteiger partial charge in [0.2, 0.25) is 5.95 Å². The number of carbonyl (C=O) groups is 1. The fourth-order valence-electron chi connectivity index (χ4n) is 3.55. The predicted octanol–water partition coefficient (Wildman–Crippen LogP) is 5.01. The van der Waals surface area contributed by atoms with Gasteiger partial charge in [-0.1, -0.05) is 33.8 Å². The van der Waals surface area contributed by atoms with Gasteiger partial charge in [-0.05, 0) is 31.5 Å². The Kier molecular flexibility index (Phi) is 9.38. The van der Waals surface area contributed by atoms with E-state index in [0.717, 1.165) is 5.01 Å². The molecule has 0 bridgehead atoms. The van der Waals surface area contributed by atoms with Crippen molar-refractivity contribution in [3.05, 3.63) is 46.9 Å². The maximum atomic E-state index is 15.9. The van der Waals surface area contributed by atoms with Crippen LogP contribution in [0.5, 0.6) is 0 Å². The van der Waals surface area contributed by atoms with Crippen molar-refractivity contribution in [2.24, 2.45) is 0 Å². The highest BCUT2D eigenvalue weighted by Crippen LogP contribution is 2.41. The molecule has 0 radical (unpaired) electrons. The number of aromatic nitrogens is 3. The number of hydrogen-bond acceptors (Lipinski definition) is 10. The molecular weight excluding hydrogens is 543 g/mol. The summed E-state index contributed by atoms with van der Waals surface area (Å²) in [5.41, 5.74) is 0.216. The normalized spacial score (nSPS) is 12.6. The minimum absolute atomic E-state index is 0.0784. The molecule has 1 amide bonds. The maximum Gasteiger partial charge on any atom is 0.407 e. The third kappa shape index (κ3) is 7.15. The van der Waals surface area contributed by atoms with Crippen molar-refractivity contribution < 1.29 is 22.3 Å². The van der Waals surface area contributed by atoms with Gasteiger partial charge in [0.15, 0.2) is 14.9 Å². The zero-order chi connectivity index (χ0) is 29.0. The van der Waals surface area contributed by atoms with Crippen LogP contribution in [0.4, 0.5) is 15.1 Å². The number of amides is 1. The molecule has 1 aromatic carbocycles. The van der Waals surface area contributed by atoms with Crippen molar-refractivity contribution in [3.63, 3.8) is 0 Å². The van der Waals surface area contributed by atoms with Gasteiger partial charge in [-0.15, -0.1) is 11.3 Å². The number of halogens is 1. The lowest BCUT2D eigenvalue weighted by Crippen LogP contribution is -2.37. The summed E-state index contributed by atoms with van der Waals surface area (Å²) in [5, 5.41) is 13.9. The van der Waals surface area contributed by atoms with E-state index < -0.39 is 26.8 Å². The highest BCUT2D eigenvalue weighted by Gasteiger charge is 2.28. The molecule has 0 fully saturated rings. The summed E-state index contributed by atoms with van der Waals surface area (Å²) in [5.74, 6) is -0.774. The van der Waals surface area contributed by atoms with Gasteiger partial charge in [0.25, 0.3) is 0 Å². The van der Waals surface area contributed by atoms with Crippen molar-refractivity contribution >= 4 is 38.3 Å². The Morgan fingerprint density at radius 2 is 1.95 bits per heavy atom. The summed E-state index contributed by atoms with van der Waals surface area (Å²) in [6.45, 7) is 9.77. The van der Waals surface area contributed by atoms with E-state index in [4.69, 9.17) is 10.4 Å². The Balaban J connectivity index is 2.06. The molecule has 0 spiro atoms. The number of carbonyl (C=O) groups excluding carboxylic acids is 1. The second-order valence-electron chi connectivity index (χ2n) is 9.95. The van der Waals surface area contributed by atoms with Crippen molar-refractivity contribution in [2.45, 2.75) is 52.5 Å². The van der Waals surface area contributed by atoms with E-state index in [-0.39, 0.29) is 28.3 Å². The number of hydrogen-bond donors (Lipinski definition) is 3. The summed E-state index contributed by atoms with van der Waals surface area (Å²) in [6.07, 6.45) is 1.32. The zero-order valence-corrected chi connectivity index (χ0v) is 24.4. The summed E-state index contributed by atoms with van der Waals surface area (Å²) >= 11 is 1.35. The largest absolute Gasteiger partial charge is 0.453 e. The molecule has 0 saturated carbocycles. The second kappa shape index (κ2) is 12.2. The van der Waals surface area contributed by atoms with Crippen molar-refractivity contribution in [3.8, 4) is 21.8 Å². The number of benzene rings is 1. The number of methoxy groups -OCH3 is 1. The molecular formula is C26H33FN6O4S2. The molecule has 1 atom stereocenters. The predicted molar refractivity (Wildman–Crippen MR) is 152 cm³/mol. The molecule has 3 aromatic rings. The van der Waals surface area contributed by atoms with Crippen LogP contribution in [0, 0.1) is 11.2 Å². The van der Waals surface area contributed by atoms with E-state index >= 15 is 4.39 Å². The average Bonchev–Trinajstić information content (AvgIpc) is 3.33. The van der Waals surface area contributed by atoms with E-state index in [2.05, 4.69) is 25.3 Å².